The first-order valence-corrected chi connectivity index (χ1v) is 13.2. The Morgan fingerprint density at radius 2 is 1.56 bits per heavy atom. The molecule has 182 valence electrons. The molecule has 1 aliphatic rings. The number of thiazole rings is 1. The van der Waals surface area contributed by atoms with Crippen LogP contribution in [0.15, 0.2) is 46.7 Å². The van der Waals surface area contributed by atoms with Gasteiger partial charge < -0.3 is 19.1 Å². The van der Waals surface area contributed by atoms with E-state index in [1.54, 1.807) is 49.1 Å². The molecule has 0 bridgehead atoms. The Hall–Kier alpha value is -2.82. The van der Waals surface area contributed by atoms with E-state index >= 15 is 0 Å². The first-order valence-electron chi connectivity index (χ1n) is 10.9. The zero-order valence-corrected chi connectivity index (χ0v) is 21.4. The van der Waals surface area contributed by atoms with Gasteiger partial charge in [0.1, 0.15) is 0 Å². The lowest BCUT2D eigenvalue weighted by Gasteiger charge is -2.33. The first kappa shape index (κ1) is 24.3. The summed E-state index contributed by atoms with van der Waals surface area (Å²) in [6.45, 7) is 4.00. The van der Waals surface area contributed by atoms with Crippen LogP contribution < -0.4 is 19.1 Å². The molecule has 10 heteroatoms. The van der Waals surface area contributed by atoms with E-state index in [9.17, 15) is 8.42 Å². The minimum absolute atomic E-state index is 0.341. The predicted octanol–water partition coefficient (Wildman–Crippen LogP) is 3.58. The number of hydrogen-bond donors (Lipinski definition) is 0. The Kier molecular flexibility index (Phi) is 7.30. The summed E-state index contributed by atoms with van der Waals surface area (Å²) in [7, 11) is 1.29. The van der Waals surface area contributed by atoms with E-state index in [1.807, 2.05) is 36.6 Å². The van der Waals surface area contributed by atoms with Crippen LogP contribution in [0.1, 0.15) is 16.8 Å². The number of hydrogen-bond acceptors (Lipinski definition) is 8. The molecule has 0 unspecified atom stereocenters. The van der Waals surface area contributed by atoms with Crippen LogP contribution in [0.5, 0.6) is 17.2 Å². The van der Waals surface area contributed by atoms with E-state index in [0.717, 1.165) is 22.0 Å². The highest BCUT2D eigenvalue weighted by Gasteiger charge is 2.29. The van der Waals surface area contributed by atoms with E-state index in [4.69, 9.17) is 19.2 Å². The van der Waals surface area contributed by atoms with Crippen LogP contribution in [0.2, 0.25) is 0 Å². The van der Waals surface area contributed by atoms with Crippen molar-refractivity contribution in [2.24, 2.45) is 0 Å². The summed E-state index contributed by atoms with van der Waals surface area (Å²) in [4.78, 5) is 7.29. The molecule has 1 aliphatic heterocycles. The monoisotopic (exact) mass is 503 g/mol. The van der Waals surface area contributed by atoms with Crippen LogP contribution in [-0.2, 0) is 16.4 Å². The molecule has 1 fully saturated rings. The van der Waals surface area contributed by atoms with Crippen molar-refractivity contribution in [1.29, 1.82) is 0 Å². The summed E-state index contributed by atoms with van der Waals surface area (Å²) >= 11 is 1.57. The molecule has 0 saturated carbocycles. The Bertz CT molecular complexity index is 1210. The van der Waals surface area contributed by atoms with Gasteiger partial charge in [-0.05, 0) is 36.8 Å². The zero-order chi connectivity index (χ0) is 24.3. The molecule has 3 aromatic rings. The fourth-order valence-corrected chi connectivity index (χ4v) is 6.25. The van der Waals surface area contributed by atoms with E-state index in [2.05, 4.69) is 4.90 Å². The van der Waals surface area contributed by atoms with Gasteiger partial charge in [-0.2, -0.15) is 4.31 Å². The lowest BCUT2D eigenvalue weighted by Crippen LogP contribution is -2.48. The maximum absolute atomic E-state index is 13.0. The Balaban J connectivity index is 1.42. The van der Waals surface area contributed by atoms with Crippen molar-refractivity contribution in [3.05, 3.63) is 58.6 Å². The topological polar surface area (TPSA) is 81.2 Å². The van der Waals surface area contributed by atoms with Gasteiger partial charge in [-0.25, -0.2) is 13.4 Å². The maximum atomic E-state index is 13.0. The molecule has 4 rings (SSSR count). The highest BCUT2D eigenvalue weighted by Crippen LogP contribution is 2.39. The second kappa shape index (κ2) is 10.2. The molecule has 2 heterocycles. The molecule has 1 aromatic heterocycles. The van der Waals surface area contributed by atoms with Crippen molar-refractivity contribution in [2.45, 2.75) is 18.2 Å². The molecule has 34 heavy (non-hydrogen) atoms. The molecule has 0 radical (unpaired) electrons. The average Bonchev–Trinajstić information content (AvgIpc) is 3.32. The van der Waals surface area contributed by atoms with Gasteiger partial charge in [0.2, 0.25) is 15.8 Å². The summed E-state index contributed by atoms with van der Waals surface area (Å²) in [6, 6.07) is 10.9. The van der Waals surface area contributed by atoms with Crippen LogP contribution in [-0.4, -0.2) is 65.2 Å². The van der Waals surface area contributed by atoms with Gasteiger partial charge in [-0.15, -0.1) is 11.3 Å². The summed E-state index contributed by atoms with van der Waals surface area (Å²) in [5.74, 6) is 1.78. The minimum atomic E-state index is -3.48. The van der Waals surface area contributed by atoms with Crippen LogP contribution in [0.3, 0.4) is 0 Å². The Labute approximate surface area is 204 Å². The summed E-state index contributed by atoms with van der Waals surface area (Å²) < 4.78 is 43.8. The van der Waals surface area contributed by atoms with E-state index in [0.29, 0.717) is 54.7 Å². The smallest absolute Gasteiger partial charge is 0.243 e. The third-order valence-corrected chi connectivity index (χ3v) is 8.68. The maximum Gasteiger partial charge on any atom is 0.243 e. The van der Waals surface area contributed by atoms with Crippen LogP contribution >= 0.6 is 11.3 Å². The van der Waals surface area contributed by atoms with Gasteiger partial charge in [0.25, 0.3) is 0 Å². The molecule has 0 amide bonds. The molecule has 1 saturated heterocycles. The fraction of sp³-hybridized carbons (Fsp3) is 0.375. The Morgan fingerprint density at radius 1 is 0.941 bits per heavy atom. The van der Waals surface area contributed by atoms with Crippen LogP contribution in [0.25, 0.3) is 0 Å². The quantitative estimate of drug-likeness (QED) is 0.465. The standard InChI is InChI=1S/C24H29N3O5S2/c1-17-5-7-20(8-6-17)34(28,29)27-11-9-26(10-12-27)24-25-19(16-33-24)13-18-14-21(30-2)23(32-4)22(15-18)31-3/h5-8,14-16H,9-13H2,1-4H3. The molecule has 0 aliphatic carbocycles. The van der Waals surface area contributed by atoms with Crippen LogP contribution in [0, 0.1) is 6.92 Å². The summed E-state index contributed by atoms with van der Waals surface area (Å²) in [5, 5.41) is 2.93. The highest BCUT2D eigenvalue weighted by atomic mass is 32.2. The number of piperazine rings is 1. The number of aryl methyl sites for hydroxylation is 1. The van der Waals surface area contributed by atoms with Gasteiger partial charge in [-0.1, -0.05) is 17.7 Å². The first-order chi connectivity index (χ1) is 16.3. The lowest BCUT2D eigenvalue weighted by atomic mass is 10.1. The van der Waals surface area contributed by atoms with E-state index < -0.39 is 10.0 Å². The lowest BCUT2D eigenvalue weighted by molar-refractivity contribution is 0.324. The molecular formula is C24H29N3O5S2. The Morgan fingerprint density at radius 3 is 2.12 bits per heavy atom. The van der Waals surface area contributed by atoms with Gasteiger partial charge >= 0.3 is 0 Å². The number of methoxy groups -OCH3 is 3. The largest absolute Gasteiger partial charge is 0.493 e. The normalized spacial score (nSPS) is 14.8. The fourth-order valence-electron chi connectivity index (χ4n) is 3.95. The number of nitrogens with zero attached hydrogens (tertiary/aromatic N) is 3. The van der Waals surface area contributed by atoms with Gasteiger partial charge in [0.05, 0.1) is 31.9 Å². The summed E-state index contributed by atoms with van der Waals surface area (Å²) in [5.41, 5.74) is 2.97. The highest BCUT2D eigenvalue weighted by molar-refractivity contribution is 7.89. The third-order valence-electron chi connectivity index (χ3n) is 5.82. The number of benzene rings is 2. The molecule has 8 nitrogen and oxygen atoms in total. The number of aromatic nitrogens is 1. The number of ether oxygens (including phenoxy) is 3. The second-order valence-corrected chi connectivity index (χ2v) is 10.8. The van der Waals surface area contributed by atoms with Crippen LogP contribution in [0.4, 0.5) is 5.13 Å². The molecular weight excluding hydrogens is 474 g/mol. The molecule has 0 atom stereocenters. The SMILES string of the molecule is COc1cc(Cc2csc(N3CCN(S(=O)(=O)c4ccc(C)cc4)CC3)n2)cc(OC)c1OC. The van der Waals surface area contributed by atoms with Crippen molar-refractivity contribution in [2.75, 3.05) is 52.4 Å². The van der Waals surface area contributed by atoms with E-state index in [1.165, 1.54) is 0 Å². The average molecular weight is 504 g/mol. The predicted molar refractivity (Wildman–Crippen MR) is 133 cm³/mol. The van der Waals surface area contributed by atoms with Gasteiger partial charge in [0, 0.05) is 38.0 Å². The number of rotatable bonds is 8. The zero-order valence-electron chi connectivity index (χ0n) is 19.8. The van der Waals surface area contributed by atoms with Crippen molar-refractivity contribution in [3.8, 4) is 17.2 Å². The molecule has 0 N–H and O–H groups in total. The number of sulfonamides is 1. The molecule has 0 spiro atoms. The van der Waals surface area contributed by atoms with Crippen molar-refractivity contribution in [1.82, 2.24) is 9.29 Å². The van der Waals surface area contributed by atoms with Crippen molar-refractivity contribution < 1.29 is 22.6 Å². The number of anilines is 1. The minimum Gasteiger partial charge on any atom is -0.493 e. The third kappa shape index (κ3) is 4.98. The van der Waals surface area contributed by atoms with Crippen molar-refractivity contribution in [3.63, 3.8) is 0 Å². The summed E-state index contributed by atoms with van der Waals surface area (Å²) in [6.07, 6.45) is 0.620. The molecule has 2 aromatic carbocycles. The van der Waals surface area contributed by atoms with Gasteiger partial charge in [0.15, 0.2) is 16.6 Å². The van der Waals surface area contributed by atoms with Gasteiger partial charge in [-0.3, -0.25) is 0 Å². The van der Waals surface area contributed by atoms with Crippen molar-refractivity contribution >= 4 is 26.5 Å². The van der Waals surface area contributed by atoms with E-state index in [-0.39, 0.29) is 0 Å². The second-order valence-electron chi connectivity index (χ2n) is 8.04.